The highest BCUT2D eigenvalue weighted by atomic mass is 32.2. The molecule has 0 amide bonds. The summed E-state index contributed by atoms with van der Waals surface area (Å²) in [6, 6.07) is 0. The second-order valence-corrected chi connectivity index (χ2v) is 4.87. The van der Waals surface area contributed by atoms with Crippen LogP contribution >= 0.6 is 24.0 Å². The van der Waals surface area contributed by atoms with Crippen molar-refractivity contribution in [1.82, 2.24) is 0 Å². The fraction of sp³-hybridized carbons (Fsp3) is 0.889. The summed E-state index contributed by atoms with van der Waals surface area (Å²) in [6.07, 6.45) is 7.38. The molecule has 0 N–H and O–H groups in total. The summed E-state index contributed by atoms with van der Waals surface area (Å²) in [5.74, 6) is 0.813. The van der Waals surface area contributed by atoms with Crippen LogP contribution in [-0.4, -0.2) is 16.7 Å². The Morgan fingerprint density at radius 3 is 2.83 bits per heavy atom. The van der Waals surface area contributed by atoms with E-state index >= 15 is 0 Å². The van der Waals surface area contributed by atoms with Crippen LogP contribution in [0.2, 0.25) is 0 Å². The van der Waals surface area contributed by atoms with E-state index in [1.807, 2.05) is 6.26 Å². The maximum atomic E-state index is 5.61. The SMILES string of the molecule is CSC(=S)OC1CCCC(C)C1. The van der Waals surface area contributed by atoms with Crippen molar-refractivity contribution < 1.29 is 4.74 Å². The fourth-order valence-corrected chi connectivity index (χ4v) is 2.04. The van der Waals surface area contributed by atoms with Gasteiger partial charge < -0.3 is 4.74 Å². The first-order valence-corrected chi connectivity index (χ1v) is 6.10. The minimum absolute atomic E-state index is 0.397. The van der Waals surface area contributed by atoms with Gasteiger partial charge in [0.1, 0.15) is 6.10 Å². The van der Waals surface area contributed by atoms with Gasteiger partial charge in [0, 0.05) is 0 Å². The highest BCUT2D eigenvalue weighted by Gasteiger charge is 2.20. The molecule has 1 rings (SSSR count). The molecule has 12 heavy (non-hydrogen) atoms. The molecule has 0 radical (unpaired) electrons. The van der Waals surface area contributed by atoms with Gasteiger partial charge in [-0.25, -0.2) is 0 Å². The van der Waals surface area contributed by atoms with Gasteiger partial charge in [0.25, 0.3) is 0 Å². The van der Waals surface area contributed by atoms with E-state index in [1.54, 1.807) is 0 Å². The zero-order chi connectivity index (χ0) is 8.97. The van der Waals surface area contributed by atoms with E-state index in [9.17, 15) is 0 Å². The monoisotopic (exact) mass is 204 g/mol. The van der Waals surface area contributed by atoms with Crippen LogP contribution in [0.3, 0.4) is 0 Å². The number of thioether (sulfide) groups is 1. The lowest BCUT2D eigenvalue weighted by Crippen LogP contribution is -2.22. The van der Waals surface area contributed by atoms with Gasteiger partial charge in [-0.2, -0.15) is 0 Å². The van der Waals surface area contributed by atoms with Crippen LogP contribution in [0.4, 0.5) is 0 Å². The van der Waals surface area contributed by atoms with Crippen LogP contribution < -0.4 is 0 Å². The molecule has 1 aliphatic rings. The first kappa shape index (κ1) is 10.3. The fourth-order valence-electron chi connectivity index (χ4n) is 1.67. The van der Waals surface area contributed by atoms with Crippen molar-refractivity contribution >= 4 is 28.4 Å². The molecule has 1 saturated carbocycles. The second kappa shape index (κ2) is 5.07. The maximum Gasteiger partial charge on any atom is 0.219 e. The molecule has 3 heteroatoms. The lowest BCUT2D eigenvalue weighted by atomic mass is 9.89. The molecule has 2 atom stereocenters. The Morgan fingerprint density at radius 1 is 1.50 bits per heavy atom. The Labute approximate surface area is 84.2 Å². The Morgan fingerprint density at radius 2 is 2.25 bits per heavy atom. The molecule has 0 saturated heterocycles. The van der Waals surface area contributed by atoms with E-state index in [2.05, 4.69) is 6.92 Å². The average molecular weight is 204 g/mol. The van der Waals surface area contributed by atoms with Crippen molar-refractivity contribution in [2.45, 2.75) is 38.7 Å². The molecular formula is C9H16OS2. The molecule has 0 aromatic carbocycles. The molecule has 0 aromatic heterocycles. The van der Waals surface area contributed by atoms with E-state index < -0.39 is 0 Å². The number of hydrogen-bond acceptors (Lipinski definition) is 3. The first-order valence-electron chi connectivity index (χ1n) is 4.47. The van der Waals surface area contributed by atoms with Gasteiger partial charge in [-0.3, -0.25) is 0 Å². The van der Waals surface area contributed by atoms with Gasteiger partial charge >= 0.3 is 0 Å². The Hall–Kier alpha value is 0.240. The van der Waals surface area contributed by atoms with Gasteiger partial charge in [-0.15, -0.1) is 0 Å². The van der Waals surface area contributed by atoms with Crippen LogP contribution in [0.15, 0.2) is 0 Å². The van der Waals surface area contributed by atoms with Gasteiger partial charge in [0.15, 0.2) is 0 Å². The molecule has 1 fully saturated rings. The molecular weight excluding hydrogens is 188 g/mol. The Bertz CT molecular complexity index is 159. The third-order valence-corrected chi connectivity index (χ3v) is 3.34. The number of rotatable bonds is 1. The Kier molecular flexibility index (Phi) is 4.36. The minimum Gasteiger partial charge on any atom is -0.475 e. The summed E-state index contributed by atoms with van der Waals surface area (Å²) >= 11 is 6.54. The van der Waals surface area contributed by atoms with Crippen molar-refractivity contribution in [2.24, 2.45) is 5.92 Å². The van der Waals surface area contributed by atoms with E-state index in [0.29, 0.717) is 10.5 Å². The van der Waals surface area contributed by atoms with Crippen molar-refractivity contribution in [3.63, 3.8) is 0 Å². The lowest BCUT2D eigenvalue weighted by molar-refractivity contribution is 0.126. The summed E-state index contributed by atoms with van der Waals surface area (Å²) in [7, 11) is 0. The highest BCUT2D eigenvalue weighted by molar-refractivity contribution is 8.22. The summed E-state index contributed by atoms with van der Waals surface area (Å²) in [6.45, 7) is 2.29. The van der Waals surface area contributed by atoms with Crippen LogP contribution in [0.5, 0.6) is 0 Å². The van der Waals surface area contributed by atoms with Gasteiger partial charge in [0.2, 0.25) is 4.38 Å². The van der Waals surface area contributed by atoms with Crippen LogP contribution in [0.1, 0.15) is 32.6 Å². The quantitative estimate of drug-likeness (QED) is 0.607. The first-order chi connectivity index (χ1) is 5.72. The van der Waals surface area contributed by atoms with Crippen molar-refractivity contribution in [3.05, 3.63) is 0 Å². The molecule has 0 bridgehead atoms. The molecule has 0 aliphatic heterocycles. The third kappa shape index (κ3) is 3.31. The largest absolute Gasteiger partial charge is 0.475 e. The average Bonchev–Trinajstić information content (AvgIpc) is 2.04. The van der Waals surface area contributed by atoms with Crippen molar-refractivity contribution in [1.29, 1.82) is 0 Å². The van der Waals surface area contributed by atoms with E-state index in [0.717, 1.165) is 5.92 Å². The number of ether oxygens (including phenoxy) is 1. The molecule has 2 unspecified atom stereocenters. The van der Waals surface area contributed by atoms with Crippen molar-refractivity contribution in [3.8, 4) is 0 Å². The predicted octanol–water partition coefficient (Wildman–Crippen LogP) is 3.23. The van der Waals surface area contributed by atoms with E-state index in [1.165, 1.54) is 37.4 Å². The standard InChI is InChI=1S/C9H16OS2/c1-7-4-3-5-8(6-7)10-9(11)12-2/h7-8H,3-6H2,1-2H3. The van der Waals surface area contributed by atoms with Gasteiger partial charge in [-0.1, -0.05) is 25.1 Å². The minimum atomic E-state index is 0.397. The van der Waals surface area contributed by atoms with E-state index in [-0.39, 0.29) is 0 Å². The smallest absolute Gasteiger partial charge is 0.219 e. The third-order valence-electron chi connectivity index (χ3n) is 2.32. The summed E-state index contributed by atoms with van der Waals surface area (Å²) < 4.78 is 6.31. The topological polar surface area (TPSA) is 9.23 Å². The number of thiocarbonyl (C=S) groups is 1. The molecule has 1 nitrogen and oxygen atoms in total. The normalized spacial score (nSPS) is 29.8. The summed E-state index contributed by atoms with van der Waals surface area (Å²) in [5, 5.41) is 0. The second-order valence-electron chi connectivity index (χ2n) is 3.47. The van der Waals surface area contributed by atoms with Gasteiger partial charge in [-0.05, 0) is 43.7 Å². The summed E-state index contributed by atoms with van der Waals surface area (Å²) in [4.78, 5) is 0. The van der Waals surface area contributed by atoms with Gasteiger partial charge in [0.05, 0.1) is 0 Å². The highest BCUT2D eigenvalue weighted by Crippen LogP contribution is 2.26. The van der Waals surface area contributed by atoms with Crippen molar-refractivity contribution in [2.75, 3.05) is 6.26 Å². The van der Waals surface area contributed by atoms with Crippen LogP contribution in [0, 0.1) is 5.92 Å². The predicted molar refractivity (Wildman–Crippen MR) is 58.6 cm³/mol. The Balaban J connectivity index is 2.27. The molecule has 1 aliphatic carbocycles. The van der Waals surface area contributed by atoms with E-state index in [4.69, 9.17) is 17.0 Å². The molecule has 70 valence electrons. The maximum absolute atomic E-state index is 5.61. The summed E-state index contributed by atoms with van der Waals surface area (Å²) in [5.41, 5.74) is 0. The molecule has 0 aromatic rings. The molecule has 0 spiro atoms. The number of hydrogen-bond donors (Lipinski definition) is 0. The zero-order valence-electron chi connectivity index (χ0n) is 7.71. The van der Waals surface area contributed by atoms with Crippen LogP contribution in [-0.2, 0) is 4.74 Å². The zero-order valence-corrected chi connectivity index (χ0v) is 9.34. The van der Waals surface area contributed by atoms with Crippen LogP contribution in [0.25, 0.3) is 0 Å². The lowest BCUT2D eigenvalue weighted by Gasteiger charge is -2.26. The molecule has 0 heterocycles.